The van der Waals surface area contributed by atoms with Crippen molar-refractivity contribution in [3.8, 4) is 0 Å². The van der Waals surface area contributed by atoms with Crippen molar-refractivity contribution in [3.63, 3.8) is 0 Å². The summed E-state index contributed by atoms with van der Waals surface area (Å²) in [6.45, 7) is 1.51. The van der Waals surface area contributed by atoms with Crippen LogP contribution in [0.15, 0.2) is 12.1 Å². The molecule has 1 aromatic carbocycles. The van der Waals surface area contributed by atoms with Crippen LogP contribution in [-0.2, 0) is 0 Å². The molecular formula is C11H10F3NO2. The zero-order valence-corrected chi connectivity index (χ0v) is 9.01. The van der Waals surface area contributed by atoms with E-state index >= 15 is 0 Å². The molecule has 1 aliphatic rings. The molecule has 0 saturated carbocycles. The van der Waals surface area contributed by atoms with Crippen molar-refractivity contribution < 1.29 is 23.1 Å². The Hall–Kier alpha value is -1.56. The Balaban J connectivity index is 2.27. The molecule has 0 radical (unpaired) electrons. The Kier molecular flexibility index (Phi) is 2.61. The van der Waals surface area contributed by atoms with Crippen molar-refractivity contribution in [2.45, 2.75) is 12.5 Å². The molecule has 0 unspecified atom stereocenters. The minimum atomic E-state index is -1.24. The lowest BCUT2D eigenvalue weighted by Gasteiger charge is -2.44. The van der Waals surface area contributed by atoms with Crippen LogP contribution in [-0.4, -0.2) is 34.6 Å². The van der Waals surface area contributed by atoms with Gasteiger partial charge in [0.05, 0.1) is 18.7 Å². The van der Waals surface area contributed by atoms with Crippen molar-refractivity contribution in [3.05, 3.63) is 35.1 Å². The van der Waals surface area contributed by atoms with Crippen molar-refractivity contribution >= 4 is 5.91 Å². The largest absolute Gasteiger partial charge is 0.386 e. The van der Waals surface area contributed by atoms with Gasteiger partial charge in [0.2, 0.25) is 0 Å². The second kappa shape index (κ2) is 3.73. The highest BCUT2D eigenvalue weighted by molar-refractivity contribution is 5.95. The predicted octanol–water partition coefficient (Wildman–Crippen LogP) is 1.31. The van der Waals surface area contributed by atoms with Gasteiger partial charge >= 0.3 is 0 Å². The normalized spacial score (nSPS) is 17.8. The van der Waals surface area contributed by atoms with Gasteiger partial charge in [-0.3, -0.25) is 4.79 Å². The van der Waals surface area contributed by atoms with Gasteiger partial charge in [-0.15, -0.1) is 0 Å². The number of aliphatic hydroxyl groups is 1. The van der Waals surface area contributed by atoms with Crippen LogP contribution in [0.25, 0.3) is 0 Å². The summed E-state index contributed by atoms with van der Waals surface area (Å²) in [6, 6.07) is 0.905. The molecule has 2 rings (SSSR count). The van der Waals surface area contributed by atoms with Crippen LogP contribution in [0.5, 0.6) is 0 Å². The standard InChI is InChI=1S/C11H10F3NO2/c1-11(17)4-15(5-11)10(16)9-7(13)2-6(12)3-8(9)14/h2-3,17H,4-5H2,1H3. The summed E-state index contributed by atoms with van der Waals surface area (Å²) in [5.74, 6) is -4.43. The number of nitrogens with zero attached hydrogens (tertiary/aromatic N) is 1. The molecule has 6 heteroatoms. The third-order valence-electron chi connectivity index (χ3n) is 2.57. The lowest BCUT2D eigenvalue weighted by atomic mass is 9.95. The lowest BCUT2D eigenvalue weighted by molar-refractivity contribution is -0.0671. The first-order chi connectivity index (χ1) is 7.80. The van der Waals surface area contributed by atoms with E-state index in [-0.39, 0.29) is 13.1 Å². The molecule has 0 atom stereocenters. The van der Waals surface area contributed by atoms with Gasteiger partial charge in [0, 0.05) is 12.1 Å². The van der Waals surface area contributed by atoms with Gasteiger partial charge in [-0.1, -0.05) is 0 Å². The van der Waals surface area contributed by atoms with Crippen LogP contribution in [0, 0.1) is 17.5 Å². The molecule has 1 saturated heterocycles. The van der Waals surface area contributed by atoms with E-state index in [9.17, 15) is 23.1 Å². The van der Waals surface area contributed by atoms with E-state index in [0.717, 1.165) is 4.90 Å². The molecule has 1 aliphatic heterocycles. The van der Waals surface area contributed by atoms with E-state index in [1.807, 2.05) is 0 Å². The van der Waals surface area contributed by atoms with Crippen molar-refractivity contribution in [2.24, 2.45) is 0 Å². The van der Waals surface area contributed by atoms with E-state index in [4.69, 9.17) is 0 Å². The Morgan fingerprint density at radius 3 is 2.18 bits per heavy atom. The van der Waals surface area contributed by atoms with E-state index in [0.29, 0.717) is 12.1 Å². The summed E-state index contributed by atoms with van der Waals surface area (Å²) in [5.41, 5.74) is -1.82. The van der Waals surface area contributed by atoms with Gasteiger partial charge in [0.25, 0.3) is 5.91 Å². The molecule has 1 amide bonds. The summed E-state index contributed by atoms with van der Waals surface area (Å²) >= 11 is 0. The first kappa shape index (κ1) is 11.9. The van der Waals surface area contributed by atoms with Crippen molar-refractivity contribution in [2.75, 3.05) is 13.1 Å². The first-order valence-electron chi connectivity index (χ1n) is 4.96. The number of carbonyl (C=O) groups is 1. The average Bonchev–Trinajstić information content (AvgIpc) is 2.11. The van der Waals surface area contributed by atoms with Gasteiger partial charge in [0.15, 0.2) is 0 Å². The molecule has 1 aromatic rings. The molecule has 1 fully saturated rings. The van der Waals surface area contributed by atoms with Crippen LogP contribution < -0.4 is 0 Å². The topological polar surface area (TPSA) is 40.5 Å². The smallest absolute Gasteiger partial charge is 0.260 e. The van der Waals surface area contributed by atoms with Gasteiger partial charge in [0.1, 0.15) is 23.0 Å². The lowest BCUT2D eigenvalue weighted by Crippen LogP contribution is -2.61. The fourth-order valence-electron chi connectivity index (χ4n) is 1.82. The fourth-order valence-corrected chi connectivity index (χ4v) is 1.82. The van der Waals surface area contributed by atoms with E-state index in [1.165, 1.54) is 6.92 Å². The SMILES string of the molecule is CC1(O)CN(C(=O)c2c(F)cc(F)cc2F)C1. The summed E-state index contributed by atoms with van der Waals surface area (Å²) in [7, 11) is 0. The number of hydrogen-bond acceptors (Lipinski definition) is 2. The van der Waals surface area contributed by atoms with E-state index in [2.05, 4.69) is 0 Å². The predicted molar refractivity (Wildman–Crippen MR) is 52.8 cm³/mol. The highest BCUT2D eigenvalue weighted by Crippen LogP contribution is 2.24. The molecule has 17 heavy (non-hydrogen) atoms. The van der Waals surface area contributed by atoms with Gasteiger partial charge in [-0.25, -0.2) is 13.2 Å². The second-order valence-electron chi connectivity index (χ2n) is 4.40. The number of rotatable bonds is 1. The van der Waals surface area contributed by atoms with Gasteiger partial charge in [-0.2, -0.15) is 0 Å². The summed E-state index contributed by atoms with van der Waals surface area (Å²) in [5, 5.41) is 9.42. The zero-order chi connectivity index (χ0) is 12.8. The third-order valence-corrected chi connectivity index (χ3v) is 2.57. The maximum Gasteiger partial charge on any atom is 0.260 e. The van der Waals surface area contributed by atoms with Crippen LogP contribution in [0.4, 0.5) is 13.2 Å². The Morgan fingerprint density at radius 2 is 1.76 bits per heavy atom. The number of β-amino-alcohol motifs (C(OH)–C–C–N with tert-alkyl or cyclic N) is 1. The molecule has 92 valence electrons. The van der Waals surface area contributed by atoms with Crippen LogP contribution in [0.1, 0.15) is 17.3 Å². The third kappa shape index (κ3) is 2.12. The Morgan fingerprint density at radius 1 is 1.29 bits per heavy atom. The summed E-state index contributed by atoms with van der Waals surface area (Å²) in [6.07, 6.45) is 0. The minimum absolute atomic E-state index is 0.00207. The average molecular weight is 245 g/mol. The highest BCUT2D eigenvalue weighted by atomic mass is 19.1. The van der Waals surface area contributed by atoms with Crippen molar-refractivity contribution in [1.82, 2.24) is 4.90 Å². The monoisotopic (exact) mass is 245 g/mol. The quantitative estimate of drug-likeness (QED) is 0.810. The molecule has 0 bridgehead atoms. The molecule has 1 heterocycles. The first-order valence-corrected chi connectivity index (χ1v) is 4.96. The molecule has 0 aromatic heterocycles. The van der Waals surface area contributed by atoms with Crippen LogP contribution >= 0.6 is 0 Å². The fraction of sp³-hybridized carbons (Fsp3) is 0.364. The molecule has 3 nitrogen and oxygen atoms in total. The Labute approximate surface area is 95.5 Å². The van der Waals surface area contributed by atoms with Crippen LogP contribution in [0.2, 0.25) is 0 Å². The summed E-state index contributed by atoms with van der Waals surface area (Å²) in [4.78, 5) is 12.8. The minimum Gasteiger partial charge on any atom is -0.386 e. The number of hydrogen-bond donors (Lipinski definition) is 1. The molecule has 0 spiro atoms. The number of carbonyl (C=O) groups excluding carboxylic acids is 1. The van der Waals surface area contributed by atoms with Crippen LogP contribution in [0.3, 0.4) is 0 Å². The van der Waals surface area contributed by atoms with Gasteiger partial charge < -0.3 is 10.0 Å². The molecule has 1 N–H and O–H groups in total. The van der Waals surface area contributed by atoms with Gasteiger partial charge in [-0.05, 0) is 6.92 Å². The number of amides is 1. The number of halogens is 3. The van der Waals surface area contributed by atoms with E-state index in [1.54, 1.807) is 0 Å². The Bertz CT molecular complexity index is 457. The number of benzene rings is 1. The molecule has 0 aliphatic carbocycles. The van der Waals surface area contributed by atoms with Crippen molar-refractivity contribution in [1.29, 1.82) is 0 Å². The second-order valence-corrected chi connectivity index (χ2v) is 4.40. The molecular weight excluding hydrogens is 235 g/mol. The maximum atomic E-state index is 13.3. The summed E-state index contributed by atoms with van der Waals surface area (Å²) < 4.78 is 39.2. The highest BCUT2D eigenvalue weighted by Gasteiger charge is 2.41. The maximum absolute atomic E-state index is 13.3. The van der Waals surface area contributed by atoms with E-state index < -0.39 is 34.5 Å². The zero-order valence-electron chi connectivity index (χ0n) is 9.01. The number of likely N-dealkylation sites (tertiary alicyclic amines) is 1.